The van der Waals surface area contributed by atoms with Gasteiger partial charge < -0.3 is 19.6 Å². The van der Waals surface area contributed by atoms with Crippen LogP contribution in [-0.4, -0.2) is 60.8 Å². The average Bonchev–Trinajstić information content (AvgIpc) is 3.04. The highest BCUT2D eigenvalue weighted by molar-refractivity contribution is 6.30. The molecule has 1 aliphatic heterocycles. The number of aromatic nitrogens is 2. The maximum absolute atomic E-state index is 6.09. The summed E-state index contributed by atoms with van der Waals surface area (Å²) in [6, 6.07) is 8.00. The molecule has 1 aromatic carbocycles. The predicted molar refractivity (Wildman–Crippen MR) is 99.3 cm³/mol. The number of nitrogens with zero attached hydrogens (tertiary/aromatic N) is 5. The lowest BCUT2D eigenvalue weighted by atomic mass is 10.2. The SMILES string of the molecule is CN=C(NCCc1nc(C)no1)N1CCN(c2cccc(Cl)c2)CC1. The van der Waals surface area contributed by atoms with Crippen molar-refractivity contribution in [2.24, 2.45) is 4.99 Å². The number of aryl methyl sites for hydroxylation is 1. The number of guanidine groups is 1. The minimum absolute atomic E-state index is 0.645. The normalized spacial score (nSPS) is 15.6. The van der Waals surface area contributed by atoms with Crippen LogP contribution < -0.4 is 10.2 Å². The molecule has 1 aliphatic rings. The summed E-state index contributed by atoms with van der Waals surface area (Å²) in [6.45, 7) is 6.22. The van der Waals surface area contributed by atoms with Crippen molar-refractivity contribution in [1.82, 2.24) is 20.4 Å². The Bertz CT molecular complexity index is 723. The molecule has 1 N–H and O–H groups in total. The van der Waals surface area contributed by atoms with Gasteiger partial charge in [0.2, 0.25) is 5.89 Å². The lowest BCUT2D eigenvalue weighted by molar-refractivity contribution is 0.363. The van der Waals surface area contributed by atoms with Gasteiger partial charge in [-0.3, -0.25) is 4.99 Å². The van der Waals surface area contributed by atoms with Crippen molar-refractivity contribution >= 4 is 23.2 Å². The summed E-state index contributed by atoms with van der Waals surface area (Å²) >= 11 is 6.09. The Hall–Kier alpha value is -2.28. The molecule has 0 bridgehead atoms. The Kier molecular flexibility index (Phi) is 5.75. The van der Waals surface area contributed by atoms with Crippen molar-refractivity contribution in [2.75, 3.05) is 44.7 Å². The average molecular weight is 363 g/mol. The molecule has 1 aromatic heterocycles. The summed E-state index contributed by atoms with van der Waals surface area (Å²) in [5.41, 5.74) is 1.17. The van der Waals surface area contributed by atoms with Crippen molar-refractivity contribution in [3.05, 3.63) is 41.0 Å². The monoisotopic (exact) mass is 362 g/mol. The first-order chi connectivity index (χ1) is 12.2. The lowest BCUT2D eigenvalue weighted by Gasteiger charge is -2.37. The van der Waals surface area contributed by atoms with Crippen LogP contribution in [0, 0.1) is 6.92 Å². The molecular weight excluding hydrogens is 340 g/mol. The Morgan fingerprint density at radius 2 is 2.12 bits per heavy atom. The lowest BCUT2D eigenvalue weighted by Crippen LogP contribution is -2.52. The van der Waals surface area contributed by atoms with Gasteiger partial charge in [0.1, 0.15) is 0 Å². The number of hydrogen-bond acceptors (Lipinski definition) is 5. The molecule has 1 fully saturated rings. The van der Waals surface area contributed by atoms with E-state index < -0.39 is 0 Å². The first-order valence-corrected chi connectivity index (χ1v) is 8.79. The van der Waals surface area contributed by atoms with Gasteiger partial charge in [-0.1, -0.05) is 22.8 Å². The molecule has 8 heteroatoms. The standard InChI is InChI=1S/C17H23ClN6O/c1-13-21-16(25-22-13)6-7-20-17(19-2)24-10-8-23(9-11-24)15-5-3-4-14(18)12-15/h3-5,12H,6-11H2,1-2H3,(H,19,20). The highest BCUT2D eigenvalue weighted by atomic mass is 35.5. The van der Waals surface area contributed by atoms with E-state index in [-0.39, 0.29) is 0 Å². The smallest absolute Gasteiger partial charge is 0.228 e. The zero-order valence-corrected chi connectivity index (χ0v) is 15.3. The van der Waals surface area contributed by atoms with Gasteiger partial charge in [0.05, 0.1) is 0 Å². The van der Waals surface area contributed by atoms with Crippen LogP contribution in [0.1, 0.15) is 11.7 Å². The van der Waals surface area contributed by atoms with E-state index in [1.54, 1.807) is 0 Å². The molecule has 0 spiro atoms. The summed E-state index contributed by atoms with van der Waals surface area (Å²) in [6.07, 6.45) is 0.683. The van der Waals surface area contributed by atoms with Crippen LogP contribution in [0.25, 0.3) is 0 Å². The summed E-state index contributed by atoms with van der Waals surface area (Å²) in [5, 5.41) is 7.94. The van der Waals surface area contributed by atoms with E-state index in [9.17, 15) is 0 Å². The van der Waals surface area contributed by atoms with E-state index in [2.05, 4.69) is 36.3 Å². The van der Waals surface area contributed by atoms with Gasteiger partial charge in [-0.25, -0.2) is 0 Å². The molecule has 0 atom stereocenters. The predicted octanol–water partition coefficient (Wildman–Crippen LogP) is 1.97. The number of aliphatic imine (C=N–C) groups is 1. The third-order valence-electron chi connectivity index (χ3n) is 4.16. The molecule has 2 aromatic rings. The molecule has 0 amide bonds. The minimum Gasteiger partial charge on any atom is -0.368 e. The largest absolute Gasteiger partial charge is 0.368 e. The summed E-state index contributed by atoms with van der Waals surface area (Å²) in [5.74, 6) is 2.21. The van der Waals surface area contributed by atoms with E-state index in [0.717, 1.165) is 37.2 Å². The molecule has 25 heavy (non-hydrogen) atoms. The minimum atomic E-state index is 0.645. The van der Waals surface area contributed by atoms with Crippen LogP contribution in [0.2, 0.25) is 5.02 Å². The number of piperazine rings is 1. The topological polar surface area (TPSA) is 69.8 Å². The van der Waals surface area contributed by atoms with Gasteiger partial charge in [-0.05, 0) is 25.1 Å². The van der Waals surface area contributed by atoms with Gasteiger partial charge in [-0.15, -0.1) is 0 Å². The second-order valence-corrected chi connectivity index (χ2v) is 6.35. The van der Waals surface area contributed by atoms with Crippen LogP contribution >= 0.6 is 11.6 Å². The van der Waals surface area contributed by atoms with Crippen molar-refractivity contribution in [3.63, 3.8) is 0 Å². The fraction of sp³-hybridized carbons (Fsp3) is 0.471. The molecule has 3 rings (SSSR count). The molecule has 0 saturated carbocycles. The number of rotatable bonds is 4. The van der Waals surface area contributed by atoms with Gasteiger partial charge in [-0.2, -0.15) is 4.98 Å². The van der Waals surface area contributed by atoms with E-state index in [0.29, 0.717) is 24.7 Å². The second-order valence-electron chi connectivity index (χ2n) is 5.91. The molecule has 1 saturated heterocycles. The Morgan fingerprint density at radius 1 is 1.32 bits per heavy atom. The molecule has 0 radical (unpaired) electrons. The fourth-order valence-electron chi connectivity index (χ4n) is 2.90. The zero-order chi connectivity index (χ0) is 17.6. The Morgan fingerprint density at radius 3 is 2.76 bits per heavy atom. The van der Waals surface area contributed by atoms with Crippen LogP contribution in [0.3, 0.4) is 0 Å². The first-order valence-electron chi connectivity index (χ1n) is 8.41. The maximum atomic E-state index is 6.09. The van der Waals surface area contributed by atoms with E-state index in [4.69, 9.17) is 16.1 Å². The van der Waals surface area contributed by atoms with Crippen molar-refractivity contribution in [1.29, 1.82) is 0 Å². The summed E-state index contributed by atoms with van der Waals surface area (Å²) < 4.78 is 5.13. The number of anilines is 1. The fourth-order valence-corrected chi connectivity index (χ4v) is 3.09. The van der Waals surface area contributed by atoms with Crippen LogP contribution in [0.15, 0.2) is 33.8 Å². The van der Waals surface area contributed by atoms with E-state index >= 15 is 0 Å². The van der Waals surface area contributed by atoms with Crippen LogP contribution in [0.5, 0.6) is 0 Å². The molecule has 7 nitrogen and oxygen atoms in total. The number of halogens is 1. The van der Waals surface area contributed by atoms with Crippen molar-refractivity contribution in [2.45, 2.75) is 13.3 Å². The Labute approximate surface area is 152 Å². The zero-order valence-electron chi connectivity index (χ0n) is 14.6. The third kappa shape index (κ3) is 4.63. The quantitative estimate of drug-likeness (QED) is 0.662. The van der Waals surface area contributed by atoms with Crippen LogP contribution in [0.4, 0.5) is 5.69 Å². The highest BCUT2D eigenvalue weighted by Gasteiger charge is 2.20. The number of nitrogens with one attached hydrogen (secondary N) is 1. The second kappa shape index (κ2) is 8.20. The highest BCUT2D eigenvalue weighted by Crippen LogP contribution is 2.20. The van der Waals surface area contributed by atoms with E-state index in [1.165, 1.54) is 5.69 Å². The van der Waals surface area contributed by atoms with Gasteiger partial charge >= 0.3 is 0 Å². The third-order valence-corrected chi connectivity index (χ3v) is 4.39. The van der Waals surface area contributed by atoms with Crippen molar-refractivity contribution < 1.29 is 4.52 Å². The first kappa shape index (κ1) is 17.5. The van der Waals surface area contributed by atoms with Gasteiger partial charge in [0, 0.05) is 56.9 Å². The van der Waals surface area contributed by atoms with Crippen LogP contribution in [-0.2, 0) is 6.42 Å². The van der Waals surface area contributed by atoms with Gasteiger partial charge in [0.15, 0.2) is 11.8 Å². The molecule has 0 unspecified atom stereocenters. The number of hydrogen-bond donors (Lipinski definition) is 1. The van der Waals surface area contributed by atoms with E-state index in [1.807, 2.05) is 32.2 Å². The molecule has 2 heterocycles. The molecule has 0 aliphatic carbocycles. The van der Waals surface area contributed by atoms with Crippen molar-refractivity contribution in [3.8, 4) is 0 Å². The number of benzene rings is 1. The summed E-state index contributed by atoms with van der Waals surface area (Å²) in [7, 11) is 1.81. The summed E-state index contributed by atoms with van der Waals surface area (Å²) in [4.78, 5) is 13.2. The molecule has 134 valence electrons. The van der Waals surface area contributed by atoms with Gasteiger partial charge in [0.25, 0.3) is 0 Å². The Balaban J connectivity index is 1.48. The maximum Gasteiger partial charge on any atom is 0.228 e. The molecular formula is C17H23ClN6O.